The summed E-state index contributed by atoms with van der Waals surface area (Å²) in [6.07, 6.45) is 5.41. The molecule has 0 radical (unpaired) electrons. The summed E-state index contributed by atoms with van der Waals surface area (Å²) >= 11 is 0. The third-order valence-corrected chi connectivity index (χ3v) is 3.84. The molecule has 0 aromatic carbocycles. The summed E-state index contributed by atoms with van der Waals surface area (Å²) < 4.78 is 5.69. The lowest BCUT2D eigenvalue weighted by Crippen LogP contribution is -2.38. The lowest BCUT2D eigenvalue weighted by Gasteiger charge is -2.24. The first-order chi connectivity index (χ1) is 8.31. The molecule has 1 aromatic rings. The average Bonchev–Trinajstić information content (AvgIpc) is 2.89. The molecule has 0 spiro atoms. The van der Waals surface area contributed by atoms with E-state index in [-0.39, 0.29) is 0 Å². The van der Waals surface area contributed by atoms with E-state index >= 15 is 0 Å². The maximum atomic E-state index is 5.69. The fourth-order valence-corrected chi connectivity index (χ4v) is 2.75. The summed E-state index contributed by atoms with van der Waals surface area (Å²) in [6, 6.07) is 5.69. The van der Waals surface area contributed by atoms with Crippen LogP contribution in [-0.2, 0) is 6.54 Å². The largest absolute Gasteiger partial charge is 0.465 e. The molecular formula is C14H22N2O. The summed E-state index contributed by atoms with van der Waals surface area (Å²) in [7, 11) is 0. The van der Waals surface area contributed by atoms with E-state index in [0.717, 1.165) is 24.1 Å². The van der Waals surface area contributed by atoms with Gasteiger partial charge in [0.2, 0.25) is 0 Å². The van der Waals surface area contributed by atoms with E-state index in [1.807, 2.05) is 6.92 Å². The van der Waals surface area contributed by atoms with Crippen molar-refractivity contribution in [2.45, 2.75) is 51.2 Å². The third kappa shape index (κ3) is 2.90. The van der Waals surface area contributed by atoms with Crippen LogP contribution in [0.5, 0.6) is 0 Å². The summed E-state index contributed by atoms with van der Waals surface area (Å²) in [5.41, 5.74) is 0. The maximum Gasteiger partial charge on any atom is 0.118 e. The van der Waals surface area contributed by atoms with E-state index in [1.54, 1.807) is 0 Å². The molecule has 3 rings (SSSR count). The Labute approximate surface area is 103 Å². The van der Waals surface area contributed by atoms with Gasteiger partial charge in [0.05, 0.1) is 6.54 Å². The molecule has 2 fully saturated rings. The van der Waals surface area contributed by atoms with Crippen LogP contribution in [-0.4, -0.2) is 30.1 Å². The van der Waals surface area contributed by atoms with Crippen LogP contribution in [0, 0.1) is 6.92 Å². The molecule has 94 valence electrons. The molecular weight excluding hydrogens is 212 g/mol. The standard InChI is InChI=1S/C14H22N2O/c1-11-4-7-14(17-11)10-16(13-5-6-13)9-12-3-2-8-15-12/h4,7,12-13,15H,2-3,5-6,8-10H2,1H3. The predicted octanol–water partition coefficient (Wildman–Crippen LogP) is 2.30. The number of hydrogen-bond acceptors (Lipinski definition) is 3. The minimum Gasteiger partial charge on any atom is -0.465 e. The number of aryl methyl sites for hydroxylation is 1. The zero-order chi connectivity index (χ0) is 11.7. The monoisotopic (exact) mass is 234 g/mol. The summed E-state index contributed by atoms with van der Waals surface area (Å²) in [6.45, 7) is 5.38. The lowest BCUT2D eigenvalue weighted by atomic mass is 10.2. The number of hydrogen-bond donors (Lipinski definition) is 1. The fraction of sp³-hybridized carbons (Fsp3) is 0.714. The molecule has 2 heterocycles. The zero-order valence-electron chi connectivity index (χ0n) is 10.6. The van der Waals surface area contributed by atoms with Crippen molar-refractivity contribution in [2.24, 2.45) is 0 Å². The molecule has 2 aliphatic rings. The van der Waals surface area contributed by atoms with Gasteiger partial charge in [-0.25, -0.2) is 0 Å². The topological polar surface area (TPSA) is 28.4 Å². The van der Waals surface area contributed by atoms with Crippen molar-refractivity contribution in [2.75, 3.05) is 13.1 Å². The highest BCUT2D eigenvalue weighted by molar-refractivity contribution is 5.06. The molecule has 1 aromatic heterocycles. The molecule has 1 saturated carbocycles. The van der Waals surface area contributed by atoms with Crippen LogP contribution in [0.3, 0.4) is 0 Å². The van der Waals surface area contributed by atoms with E-state index in [4.69, 9.17) is 4.42 Å². The summed E-state index contributed by atoms with van der Waals surface area (Å²) in [4.78, 5) is 2.60. The van der Waals surface area contributed by atoms with Crippen LogP contribution in [0.25, 0.3) is 0 Å². The molecule has 1 aliphatic carbocycles. The quantitative estimate of drug-likeness (QED) is 0.847. The first-order valence-electron chi connectivity index (χ1n) is 6.84. The Bertz CT molecular complexity index is 364. The Morgan fingerprint density at radius 2 is 2.24 bits per heavy atom. The molecule has 1 atom stereocenters. The highest BCUT2D eigenvalue weighted by Crippen LogP contribution is 2.29. The summed E-state index contributed by atoms with van der Waals surface area (Å²) in [5.74, 6) is 2.14. The molecule has 1 aliphatic heterocycles. The van der Waals surface area contributed by atoms with Gasteiger partial charge in [-0.15, -0.1) is 0 Å². The van der Waals surface area contributed by atoms with Gasteiger partial charge in [-0.2, -0.15) is 0 Å². The lowest BCUT2D eigenvalue weighted by molar-refractivity contribution is 0.213. The van der Waals surface area contributed by atoms with Gasteiger partial charge in [-0.1, -0.05) is 0 Å². The van der Waals surface area contributed by atoms with Crippen molar-refractivity contribution in [1.82, 2.24) is 10.2 Å². The molecule has 0 bridgehead atoms. The number of nitrogens with one attached hydrogen (secondary N) is 1. The molecule has 17 heavy (non-hydrogen) atoms. The Morgan fingerprint density at radius 3 is 2.82 bits per heavy atom. The Hall–Kier alpha value is -0.800. The van der Waals surface area contributed by atoms with Gasteiger partial charge in [0.25, 0.3) is 0 Å². The Balaban J connectivity index is 1.59. The highest BCUT2D eigenvalue weighted by atomic mass is 16.3. The number of nitrogens with zero attached hydrogens (tertiary/aromatic N) is 1. The average molecular weight is 234 g/mol. The first kappa shape index (κ1) is 11.3. The maximum absolute atomic E-state index is 5.69. The van der Waals surface area contributed by atoms with Crippen LogP contribution in [0.2, 0.25) is 0 Å². The van der Waals surface area contributed by atoms with Crippen molar-refractivity contribution in [3.05, 3.63) is 23.7 Å². The van der Waals surface area contributed by atoms with Crippen molar-refractivity contribution < 1.29 is 4.42 Å². The number of rotatable bonds is 5. The van der Waals surface area contributed by atoms with Crippen molar-refractivity contribution in [3.63, 3.8) is 0 Å². The van der Waals surface area contributed by atoms with Gasteiger partial charge in [0.1, 0.15) is 11.5 Å². The highest BCUT2D eigenvalue weighted by Gasteiger charge is 2.31. The smallest absolute Gasteiger partial charge is 0.118 e. The minimum absolute atomic E-state index is 0.701. The van der Waals surface area contributed by atoms with E-state index < -0.39 is 0 Å². The normalized spacial score (nSPS) is 24.7. The van der Waals surface area contributed by atoms with Crippen LogP contribution in [0.1, 0.15) is 37.2 Å². The van der Waals surface area contributed by atoms with Crippen LogP contribution >= 0.6 is 0 Å². The summed E-state index contributed by atoms with van der Waals surface area (Å²) in [5, 5.41) is 3.59. The van der Waals surface area contributed by atoms with E-state index in [1.165, 1.54) is 38.8 Å². The molecule has 3 heteroatoms. The van der Waals surface area contributed by atoms with Crippen LogP contribution in [0.4, 0.5) is 0 Å². The first-order valence-corrected chi connectivity index (χ1v) is 6.84. The van der Waals surface area contributed by atoms with Gasteiger partial charge in [-0.3, -0.25) is 4.90 Å². The zero-order valence-corrected chi connectivity index (χ0v) is 10.6. The Morgan fingerprint density at radius 1 is 1.35 bits per heavy atom. The van der Waals surface area contributed by atoms with Crippen molar-refractivity contribution in [1.29, 1.82) is 0 Å². The second-order valence-electron chi connectivity index (χ2n) is 5.47. The fourth-order valence-electron chi connectivity index (χ4n) is 2.75. The second kappa shape index (κ2) is 4.83. The molecule has 3 nitrogen and oxygen atoms in total. The van der Waals surface area contributed by atoms with Gasteiger partial charge in [0.15, 0.2) is 0 Å². The van der Waals surface area contributed by atoms with Gasteiger partial charge in [0, 0.05) is 18.6 Å². The molecule has 1 saturated heterocycles. The van der Waals surface area contributed by atoms with E-state index in [2.05, 4.69) is 22.3 Å². The van der Waals surface area contributed by atoms with E-state index in [9.17, 15) is 0 Å². The van der Waals surface area contributed by atoms with Crippen LogP contribution < -0.4 is 5.32 Å². The minimum atomic E-state index is 0.701. The van der Waals surface area contributed by atoms with E-state index in [0.29, 0.717) is 6.04 Å². The predicted molar refractivity (Wildman–Crippen MR) is 67.9 cm³/mol. The SMILES string of the molecule is Cc1ccc(CN(CC2CCCN2)C2CC2)o1. The molecule has 1 N–H and O–H groups in total. The Kier molecular flexibility index (Phi) is 3.21. The van der Waals surface area contributed by atoms with Crippen molar-refractivity contribution >= 4 is 0 Å². The van der Waals surface area contributed by atoms with Crippen molar-refractivity contribution in [3.8, 4) is 0 Å². The van der Waals surface area contributed by atoms with Gasteiger partial charge in [-0.05, 0) is 51.3 Å². The second-order valence-corrected chi connectivity index (χ2v) is 5.47. The molecule has 0 amide bonds. The van der Waals surface area contributed by atoms with Crippen LogP contribution in [0.15, 0.2) is 16.5 Å². The third-order valence-electron chi connectivity index (χ3n) is 3.84. The van der Waals surface area contributed by atoms with Gasteiger partial charge >= 0.3 is 0 Å². The number of furan rings is 1. The molecule has 1 unspecified atom stereocenters. The van der Waals surface area contributed by atoms with Gasteiger partial charge < -0.3 is 9.73 Å².